The van der Waals surface area contributed by atoms with Gasteiger partial charge in [0.05, 0.1) is 16.0 Å². The third-order valence-corrected chi connectivity index (χ3v) is 5.84. The second-order valence-corrected chi connectivity index (χ2v) is 8.58. The number of thiazole rings is 1. The first-order valence-electron chi connectivity index (χ1n) is 7.96. The van der Waals surface area contributed by atoms with Gasteiger partial charge in [0, 0.05) is 10.0 Å². The van der Waals surface area contributed by atoms with Gasteiger partial charge in [0.15, 0.2) is 5.13 Å². The van der Waals surface area contributed by atoms with Gasteiger partial charge in [-0.15, -0.1) is 10.2 Å². The molecule has 0 aliphatic rings. The Morgan fingerprint density at radius 1 is 1.26 bits per heavy atom. The lowest BCUT2D eigenvalue weighted by molar-refractivity contribution is -0.113. The number of benzene rings is 2. The van der Waals surface area contributed by atoms with Crippen LogP contribution in [0.3, 0.4) is 0 Å². The Morgan fingerprint density at radius 3 is 3.00 bits per heavy atom. The lowest BCUT2D eigenvalue weighted by Gasteiger charge is -1.99. The molecule has 2 aromatic carbocycles. The summed E-state index contributed by atoms with van der Waals surface area (Å²) in [5.74, 6) is 0.432. The minimum absolute atomic E-state index is 0.162. The van der Waals surface area contributed by atoms with E-state index >= 15 is 0 Å². The summed E-state index contributed by atoms with van der Waals surface area (Å²) in [6, 6.07) is 13.6. The predicted octanol–water partition coefficient (Wildman–Crippen LogP) is 5.15. The van der Waals surface area contributed by atoms with E-state index in [0.717, 1.165) is 25.8 Å². The van der Waals surface area contributed by atoms with E-state index in [-0.39, 0.29) is 11.7 Å². The Morgan fingerprint density at radius 2 is 2.15 bits per heavy atom. The molecule has 27 heavy (non-hydrogen) atoms. The zero-order chi connectivity index (χ0) is 18.8. The van der Waals surface area contributed by atoms with Crippen molar-refractivity contribution in [2.45, 2.75) is 12.1 Å². The molecular formula is C18H13BrN4O2S2. The molecule has 0 fully saturated rings. The zero-order valence-electron chi connectivity index (χ0n) is 14.1. The average molecular weight is 461 g/mol. The van der Waals surface area contributed by atoms with Gasteiger partial charge in [-0.05, 0) is 37.3 Å². The summed E-state index contributed by atoms with van der Waals surface area (Å²) >= 11 is 6.06. The minimum atomic E-state index is -0.173. The number of thioether (sulfide) groups is 1. The molecule has 6 nitrogen and oxygen atoms in total. The maximum absolute atomic E-state index is 12.2. The fourth-order valence-corrected chi connectivity index (χ4v) is 4.39. The van der Waals surface area contributed by atoms with E-state index < -0.39 is 0 Å². The maximum atomic E-state index is 12.2. The first kappa shape index (κ1) is 18.1. The van der Waals surface area contributed by atoms with Crippen molar-refractivity contribution >= 4 is 60.3 Å². The van der Waals surface area contributed by atoms with Crippen molar-refractivity contribution in [2.75, 3.05) is 11.1 Å². The zero-order valence-corrected chi connectivity index (χ0v) is 17.3. The van der Waals surface area contributed by atoms with Gasteiger partial charge < -0.3 is 9.73 Å². The first-order chi connectivity index (χ1) is 13.1. The number of aryl methyl sites for hydroxylation is 1. The molecule has 0 bridgehead atoms. The van der Waals surface area contributed by atoms with Gasteiger partial charge in [-0.3, -0.25) is 4.79 Å². The number of rotatable bonds is 5. The molecule has 0 atom stereocenters. The van der Waals surface area contributed by atoms with Crippen LogP contribution in [0.4, 0.5) is 5.13 Å². The average Bonchev–Trinajstić information content (AvgIpc) is 3.26. The molecule has 0 unspecified atom stereocenters. The number of halogens is 1. The maximum Gasteiger partial charge on any atom is 0.277 e. The van der Waals surface area contributed by atoms with Crippen LogP contribution in [0, 0.1) is 6.92 Å². The summed E-state index contributed by atoms with van der Waals surface area (Å²) in [5, 5.41) is 11.8. The Kier molecular flexibility index (Phi) is 5.24. The van der Waals surface area contributed by atoms with E-state index in [0.29, 0.717) is 16.2 Å². The Balaban J connectivity index is 1.37. The monoisotopic (exact) mass is 460 g/mol. The van der Waals surface area contributed by atoms with Crippen molar-refractivity contribution in [3.05, 3.63) is 52.5 Å². The largest absolute Gasteiger partial charge is 0.411 e. The van der Waals surface area contributed by atoms with Gasteiger partial charge >= 0.3 is 0 Å². The molecule has 1 amide bonds. The molecule has 9 heteroatoms. The molecule has 2 aromatic heterocycles. The number of fused-ring (bicyclic) bond motifs is 1. The molecule has 4 rings (SSSR count). The van der Waals surface area contributed by atoms with Crippen LogP contribution in [-0.4, -0.2) is 26.8 Å². The molecule has 0 aliphatic carbocycles. The number of carbonyl (C=O) groups excluding carboxylic acids is 1. The van der Waals surface area contributed by atoms with Crippen LogP contribution >= 0.6 is 39.0 Å². The highest BCUT2D eigenvalue weighted by molar-refractivity contribution is 9.10. The van der Waals surface area contributed by atoms with Crippen LogP contribution in [0.5, 0.6) is 0 Å². The molecule has 2 heterocycles. The normalized spacial score (nSPS) is 11.0. The van der Waals surface area contributed by atoms with Crippen molar-refractivity contribution in [1.82, 2.24) is 15.2 Å². The van der Waals surface area contributed by atoms with E-state index in [1.54, 1.807) is 0 Å². The summed E-state index contributed by atoms with van der Waals surface area (Å²) in [4.78, 5) is 16.6. The molecule has 0 spiro atoms. The highest BCUT2D eigenvalue weighted by Gasteiger charge is 2.13. The third-order valence-electron chi connectivity index (χ3n) is 3.60. The predicted molar refractivity (Wildman–Crippen MR) is 111 cm³/mol. The lowest BCUT2D eigenvalue weighted by atomic mass is 10.1. The van der Waals surface area contributed by atoms with Crippen LogP contribution in [0.25, 0.3) is 21.7 Å². The summed E-state index contributed by atoms with van der Waals surface area (Å²) in [6.45, 7) is 2.00. The molecule has 1 N–H and O–H groups in total. The highest BCUT2D eigenvalue weighted by Crippen LogP contribution is 2.29. The van der Waals surface area contributed by atoms with E-state index in [2.05, 4.69) is 36.4 Å². The number of nitrogens with one attached hydrogen (secondary N) is 1. The van der Waals surface area contributed by atoms with Crippen molar-refractivity contribution in [3.8, 4) is 11.5 Å². The van der Waals surface area contributed by atoms with E-state index in [1.165, 1.54) is 23.1 Å². The summed E-state index contributed by atoms with van der Waals surface area (Å²) in [5.41, 5.74) is 2.83. The number of hydrogen-bond donors (Lipinski definition) is 1. The van der Waals surface area contributed by atoms with Crippen LogP contribution in [0.1, 0.15) is 5.56 Å². The molecule has 0 saturated heterocycles. The highest BCUT2D eigenvalue weighted by atomic mass is 79.9. The lowest BCUT2D eigenvalue weighted by Crippen LogP contribution is -2.13. The van der Waals surface area contributed by atoms with E-state index in [4.69, 9.17) is 4.42 Å². The van der Waals surface area contributed by atoms with Crippen LogP contribution in [0.2, 0.25) is 0 Å². The van der Waals surface area contributed by atoms with Crippen LogP contribution in [0.15, 0.2) is 56.6 Å². The number of carbonyl (C=O) groups is 1. The topological polar surface area (TPSA) is 80.9 Å². The number of hydrogen-bond acceptors (Lipinski definition) is 7. The fraction of sp³-hybridized carbons (Fsp3) is 0.111. The van der Waals surface area contributed by atoms with E-state index in [9.17, 15) is 4.79 Å². The van der Waals surface area contributed by atoms with Crippen LogP contribution in [-0.2, 0) is 4.79 Å². The Labute approximate surface area is 171 Å². The number of aromatic nitrogens is 3. The standard InChI is InChI=1S/C18H13BrN4O2S2/c1-10-3-2-4-11(7-10)16-22-23-18(25-16)26-9-15(24)21-17-20-13-6-5-12(19)8-14(13)27-17/h2-8H,9H2,1H3,(H,20,21,24). The van der Waals surface area contributed by atoms with Crippen molar-refractivity contribution in [1.29, 1.82) is 0 Å². The summed E-state index contributed by atoms with van der Waals surface area (Å²) < 4.78 is 7.62. The fourth-order valence-electron chi connectivity index (χ4n) is 2.40. The number of anilines is 1. The van der Waals surface area contributed by atoms with Crippen molar-refractivity contribution in [3.63, 3.8) is 0 Å². The SMILES string of the molecule is Cc1cccc(-c2nnc(SCC(=O)Nc3nc4ccc(Br)cc4s3)o2)c1. The number of nitrogens with zero attached hydrogens (tertiary/aromatic N) is 3. The smallest absolute Gasteiger partial charge is 0.277 e. The minimum Gasteiger partial charge on any atom is -0.411 e. The molecule has 0 saturated carbocycles. The van der Waals surface area contributed by atoms with Gasteiger partial charge in [-0.1, -0.05) is 56.7 Å². The second-order valence-electron chi connectivity index (χ2n) is 5.71. The Hall–Kier alpha value is -2.23. The van der Waals surface area contributed by atoms with Gasteiger partial charge in [0.2, 0.25) is 11.8 Å². The van der Waals surface area contributed by atoms with Crippen LogP contribution < -0.4 is 5.32 Å². The van der Waals surface area contributed by atoms with Gasteiger partial charge in [0.25, 0.3) is 5.22 Å². The second kappa shape index (κ2) is 7.79. The molecule has 0 aliphatic heterocycles. The molecule has 0 radical (unpaired) electrons. The van der Waals surface area contributed by atoms with Gasteiger partial charge in [-0.2, -0.15) is 0 Å². The van der Waals surface area contributed by atoms with Crippen molar-refractivity contribution < 1.29 is 9.21 Å². The number of amides is 1. The Bertz CT molecular complexity index is 1130. The van der Waals surface area contributed by atoms with Gasteiger partial charge in [-0.25, -0.2) is 4.98 Å². The summed E-state index contributed by atoms with van der Waals surface area (Å²) in [7, 11) is 0. The summed E-state index contributed by atoms with van der Waals surface area (Å²) in [6.07, 6.45) is 0. The van der Waals surface area contributed by atoms with Gasteiger partial charge in [0.1, 0.15) is 0 Å². The quantitative estimate of drug-likeness (QED) is 0.414. The molecule has 4 aromatic rings. The molecular weight excluding hydrogens is 448 g/mol. The molecule has 136 valence electrons. The first-order valence-corrected chi connectivity index (χ1v) is 10.6. The van der Waals surface area contributed by atoms with E-state index in [1.807, 2.05) is 49.4 Å². The van der Waals surface area contributed by atoms with Crippen molar-refractivity contribution in [2.24, 2.45) is 0 Å². The third kappa shape index (κ3) is 4.37.